The lowest BCUT2D eigenvalue weighted by Gasteiger charge is -2.37. The number of rotatable bonds is 5. The zero-order chi connectivity index (χ0) is 13.7. The van der Waals surface area contributed by atoms with Gasteiger partial charge < -0.3 is 20.3 Å². The van der Waals surface area contributed by atoms with Gasteiger partial charge in [-0.1, -0.05) is 18.2 Å². The molecule has 3 N–H and O–H groups in total. The fraction of sp³-hybridized carbons (Fsp3) is 0.500. The minimum Gasteiger partial charge on any atom is -0.493 e. The van der Waals surface area contributed by atoms with Crippen LogP contribution in [0.1, 0.15) is 12.8 Å². The first-order chi connectivity index (χ1) is 9.12. The Bertz CT molecular complexity index is 415. The molecule has 1 unspecified atom stereocenters. The summed E-state index contributed by atoms with van der Waals surface area (Å²) >= 11 is 0. The highest BCUT2D eigenvalue weighted by atomic mass is 16.5. The van der Waals surface area contributed by atoms with E-state index in [-0.39, 0.29) is 6.61 Å². The van der Waals surface area contributed by atoms with E-state index in [0.29, 0.717) is 31.7 Å². The molecule has 0 aliphatic carbocycles. The van der Waals surface area contributed by atoms with Gasteiger partial charge >= 0.3 is 5.97 Å². The summed E-state index contributed by atoms with van der Waals surface area (Å²) in [6.07, 6.45) is 0.865. The second-order valence-corrected chi connectivity index (χ2v) is 4.87. The van der Waals surface area contributed by atoms with Crippen molar-refractivity contribution in [2.45, 2.75) is 18.4 Å². The molecule has 5 nitrogen and oxygen atoms in total. The summed E-state index contributed by atoms with van der Waals surface area (Å²) in [5, 5.41) is 22.9. The summed E-state index contributed by atoms with van der Waals surface area (Å²) in [6.45, 7) is 1.24. The second kappa shape index (κ2) is 6.04. The van der Waals surface area contributed by atoms with Crippen LogP contribution < -0.4 is 10.1 Å². The number of hydrogen-bond donors (Lipinski definition) is 3. The molecule has 0 aromatic heterocycles. The third-order valence-electron chi connectivity index (χ3n) is 3.58. The monoisotopic (exact) mass is 265 g/mol. The van der Waals surface area contributed by atoms with Gasteiger partial charge in [-0.25, -0.2) is 0 Å². The first kappa shape index (κ1) is 13.8. The number of carbonyl (C=O) groups is 1. The van der Waals surface area contributed by atoms with Gasteiger partial charge in [0.25, 0.3) is 0 Å². The smallest absolute Gasteiger partial charge is 0.312 e. The van der Waals surface area contributed by atoms with Gasteiger partial charge in [0.15, 0.2) is 0 Å². The number of carboxylic acids is 1. The number of nitrogens with one attached hydrogen (secondary N) is 1. The molecule has 0 spiro atoms. The van der Waals surface area contributed by atoms with E-state index in [2.05, 4.69) is 5.32 Å². The number of carboxylic acid groups (broad SMARTS) is 1. The first-order valence-corrected chi connectivity index (χ1v) is 6.45. The predicted molar refractivity (Wildman–Crippen MR) is 70.1 cm³/mol. The number of piperidine rings is 1. The van der Waals surface area contributed by atoms with Crippen LogP contribution >= 0.6 is 0 Å². The summed E-state index contributed by atoms with van der Waals surface area (Å²) in [5.74, 6) is -1.30. The molecule has 1 saturated heterocycles. The van der Waals surface area contributed by atoms with Crippen LogP contribution in [-0.4, -0.2) is 41.5 Å². The largest absolute Gasteiger partial charge is 0.493 e. The number of hydrogen-bond acceptors (Lipinski definition) is 4. The van der Waals surface area contributed by atoms with E-state index < -0.39 is 17.5 Å². The van der Waals surface area contributed by atoms with E-state index in [9.17, 15) is 15.0 Å². The van der Waals surface area contributed by atoms with Gasteiger partial charge in [-0.3, -0.25) is 4.79 Å². The van der Waals surface area contributed by atoms with Crippen LogP contribution in [0.4, 0.5) is 0 Å². The van der Waals surface area contributed by atoms with Gasteiger partial charge in [-0.2, -0.15) is 0 Å². The van der Waals surface area contributed by atoms with Crippen LogP contribution in [0.3, 0.4) is 0 Å². The lowest BCUT2D eigenvalue weighted by Crippen LogP contribution is -2.51. The van der Waals surface area contributed by atoms with Gasteiger partial charge in [0.1, 0.15) is 18.3 Å². The summed E-state index contributed by atoms with van der Waals surface area (Å²) in [7, 11) is 0. The number of aliphatic carboxylic acids is 1. The molecule has 104 valence electrons. The lowest BCUT2D eigenvalue weighted by molar-refractivity contribution is -0.156. The Morgan fingerprint density at radius 3 is 2.53 bits per heavy atom. The third kappa shape index (κ3) is 3.45. The van der Waals surface area contributed by atoms with Crippen molar-refractivity contribution in [3.8, 4) is 5.75 Å². The highest BCUT2D eigenvalue weighted by molar-refractivity contribution is 5.71. The molecular formula is C14H19NO4. The van der Waals surface area contributed by atoms with E-state index >= 15 is 0 Å². The van der Waals surface area contributed by atoms with Gasteiger partial charge in [0.05, 0.1) is 5.60 Å². The van der Waals surface area contributed by atoms with Crippen molar-refractivity contribution in [2.24, 2.45) is 5.92 Å². The molecule has 1 aromatic rings. The van der Waals surface area contributed by atoms with E-state index in [1.54, 1.807) is 12.1 Å². The third-order valence-corrected chi connectivity index (χ3v) is 3.58. The molecule has 1 aromatic carbocycles. The van der Waals surface area contributed by atoms with Crippen LogP contribution in [-0.2, 0) is 4.79 Å². The van der Waals surface area contributed by atoms with Crippen LogP contribution in [0.25, 0.3) is 0 Å². The minimum absolute atomic E-state index is 0.0180. The average Bonchev–Trinajstić information content (AvgIpc) is 2.40. The summed E-state index contributed by atoms with van der Waals surface area (Å²) in [5.41, 5.74) is -1.19. The summed E-state index contributed by atoms with van der Waals surface area (Å²) < 4.78 is 5.49. The second-order valence-electron chi connectivity index (χ2n) is 4.87. The maximum absolute atomic E-state index is 11.4. The SMILES string of the molecule is O=C(O)C(COc1ccccc1)C1(O)CCNCC1. The van der Waals surface area contributed by atoms with Crippen molar-refractivity contribution in [1.82, 2.24) is 5.32 Å². The zero-order valence-corrected chi connectivity index (χ0v) is 10.7. The van der Waals surface area contributed by atoms with E-state index in [1.807, 2.05) is 18.2 Å². The van der Waals surface area contributed by atoms with Crippen LogP contribution in [0.5, 0.6) is 5.75 Å². The Labute approximate surface area is 112 Å². The zero-order valence-electron chi connectivity index (χ0n) is 10.7. The number of benzene rings is 1. The molecule has 0 radical (unpaired) electrons. The molecule has 1 heterocycles. The fourth-order valence-corrected chi connectivity index (χ4v) is 2.36. The number of para-hydroxylation sites is 1. The molecular weight excluding hydrogens is 246 g/mol. The van der Waals surface area contributed by atoms with Crippen LogP contribution in [0.15, 0.2) is 30.3 Å². The van der Waals surface area contributed by atoms with E-state index in [1.165, 1.54) is 0 Å². The van der Waals surface area contributed by atoms with Crippen molar-refractivity contribution >= 4 is 5.97 Å². The Hall–Kier alpha value is -1.59. The molecule has 1 fully saturated rings. The highest BCUT2D eigenvalue weighted by Gasteiger charge is 2.42. The maximum Gasteiger partial charge on any atom is 0.312 e. The van der Waals surface area contributed by atoms with Gasteiger partial charge in [-0.15, -0.1) is 0 Å². The van der Waals surface area contributed by atoms with Crippen LogP contribution in [0, 0.1) is 5.92 Å². The Balaban J connectivity index is 2.02. The summed E-state index contributed by atoms with van der Waals surface area (Å²) in [6, 6.07) is 9.05. The number of ether oxygens (including phenoxy) is 1. The molecule has 2 rings (SSSR count). The van der Waals surface area contributed by atoms with E-state index in [0.717, 1.165) is 0 Å². The molecule has 0 saturated carbocycles. The standard InChI is InChI=1S/C14H19NO4/c16-13(17)12(14(18)6-8-15-9-7-14)10-19-11-4-2-1-3-5-11/h1-5,12,15,18H,6-10H2,(H,16,17). The molecule has 0 amide bonds. The van der Waals surface area contributed by atoms with Crippen molar-refractivity contribution < 1.29 is 19.7 Å². The average molecular weight is 265 g/mol. The van der Waals surface area contributed by atoms with Crippen LogP contribution in [0.2, 0.25) is 0 Å². The molecule has 1 aliphatic heterocycles. The number of aliphatic hydroxyl groups is 1. The molecule has 1 aliphatic rings. The highest BCUT2D eigenvalue weighted by Crippen LogP contribution is 2.28. The van der Waals surface area contributed by atoms with Crippen molar-refractivity contribution in [1.29, 1.82) is 0 Å². The maximum atomic E-state index is 11.4. The Morgan fingerprint density at radius 1 is 1.32 bits per heavy atom. The quantitative estimate of drug-likeness (QED) is 0.736. The fourth-order valence-electron chi connectivity index (χ4n) is 2.36. The minimum atomic E-state index is -1.19. The van der Waals surface area contributed by atoms with Gasteiger partial charge in [-0.05, 0) is 38.1 Å². The Kier molecular flexibility index (Phi) is 4.39. The van der Waals surface area contributed by atoms with Gasteiger partial charge in [0, 0.05) is 0 Å². The molecule has 0 bridgehead atoms. The molecule has 19 heavy (non-hydrogen) atoms. The molecule has 5 heteroatoms. The summed E-state index contributed by atoms with van der Waals surface area (Å²) in [4.78, 5) is 11.4. The van der Waals surface area contributed by atoms with Crippen molar-refractivity contribution in [3.63, 3.8) is 0 Å². The van der Waals surface area contributed by atoms with Crippen molar-refractivity contribution in [3.05, 3.63) is 30.3 Å². The van der Waals surface area contributed by atoms with E-state index in [4.69, 9.17) is 4.74 Å². The van der Waals surface area contributed by atoms with Gasteiger partial charge in [0.2, 0.25) is 0 Å². The first-order valence-electron chi connectivity index (χ1n) is 6.45. The topological polar surface area (TPSA) is 78.8 Å². The Morgan fingerprint density at radius 2 is 1.95 bits per heavy atom. The predicted octanol–water partition coefficient (Wildman–Crippen LogP) is 0.881. The molecule has 1 atom stereocenters. The lowest BCUT2D eigenvalue weighted by atomic mass is 9.80. The van der Waals surface area contributed by atoms with Crippen molar-refractivity contribution in [2.75, 3.05) is 19.7 Å². The normalized spacial score (nSPS) is 19.6.